The zero-order valence-corrected chi connectivity index (χ0v) is 7.96. The van der Waals surface area contributed by atoms with E-state index in [2.05, 4.69) is 17.3 Å². The highest BCUT2D eigenvalue weighted by atomic mass is 14.8. The third-order valence-electron chi connectivity index (χ3n) is 1.86. The van der Waals surface area contributed by atoms with Crippen LogP contribution >= 0.6 is 0 Å². The van der Waals surface area contributed by atoms with Crippen LogP contribution < -0.4 is 5.32 Å². The SMILES string of the molecule is C#CCCNCc1ccc(C#N)cc1. The van der Waals surface area contributed by atoms with E-state index >= 15 is 0 Å². The quantitative estimate of drug-likeness (QED) is 0.570. The van der Waals surface area contributed by atoms with Gasteiger partial charge < -0.3 is 5.32 Å². The minimum atomic E-state index is 0.692. The smallest absolute Gasteiger partial charge is 0.0991 e. The number of nitrogens with zero attached hydrogens (tertiary/aromatic N) is 1. The fourth-order valence-electron chi connectivity index (χ4n) is 1.09. The molecule has 0 aliphatic rings. The Bertz CT molecular complexity index is 351. The molecular weight excluding hydrogens is 172 g/mol. The van der Waals surface area contributed by atoms with E-state index < -0.39 is 0 Å². The summed E-state index contributed by atoms with van der Waals surface area (Å²) in [5.41, 5.74) is 1.86. The molecule has 0 aliphatic carbocycles. The molecule has 0 heterocycles. The average Bonchev–Trinajstić information content (AvgIpc) is 2.25. The molecule has 0 unspecified atom stereocenters. The highest BCUT2D eigenvalue weighted by molar-refractivity contribution is 5.31. The molecule has 0 spiro atoms. The molecule has 0 bridgehead atoms. The number of nitrogens with one attached hydrogen (secondary N) is 1. The van der Waals surface area contributed by atoms with E-state index in [1.54, 1.807) is 0 Å². The molecule has 2 heteroatoms. The van der Waals surface area contributed by atoms with Crippen LogP contribution in [0.1, 0.15) is 17.5 Å². The van der Waals surface area contributed by atoms with Gasteiger partial charge in [-0.3, -0.25) is 0 Å². The Morgan fingerprint density at radius 1 is 1.29 bits per heavy atom. The van der Waals surface area contributed by atoms with Gasteiger partial charge in [0.1, 0.15) is 0 Å². The maximum atomic E-state index is 8.59. The summed E-state index contributed by atoms with van der Waals surface area (Å²) in [6.45, 7) is 1.63. The molecule has 0 amide bonds. The molecule has 0 atom stereocenters. The van der Waals surface area contributed by atoms with Crippen molar-refractivity contribution in [3.8, 4) is 18.4 Å². The summed E-state index contributed by atoms with van der Waals surface area (Å²) >= 11 is 0. The number of terminal acetylenes is 1. The fraction of sp³-hybridized carbons (Fsp3) is 0.250. The van der Waals surface area contributed by atoms with Crippen LogP contribution in [0, 0.1) is 23.7 Å². The molecule has 0 aromatic heterocycles. The van der Waals surface area contributed by atoms with E-state index in [1.165, 1.54) is 5.56 Å². The van der Waals surface area contributed by atoms with Gasteiger partial charge in [0, 0.05) is 19.5 Å². The molecule has 0 saturated carbocycles. The minimum absolute atomic E-state index is 0.692. The van der Waals surface area contributed by atoms with Gasteiger partial charge in [-0.1, -0.05) is 12.1 Å². The maximum absolute atomic E-state index is 8.59. The molecule has 1 N–H and O–H groups in total. The lowest BCUT2D eigenvalue weighted by atomic mass is 10.1. The Morgan fingerprint density at radius 2 is 2.00 bits per heavy atom. The summed E-state index contributed by atoms with van der Waals surface area (Å²) in [6.07, 6.45) is 5.87. The standard InChI is InChI=1S/C12H12N2/c1-2-3-8-14-10-12-6-4-11(9-13)5-7-12/h1,4-7,14H,3,8,10H2. The molecule has 14 heavy (non-hydrogen) atoms. The second-order valence-electron chi connectivity index (χ2n) is 2.94. The lowest BCUT2D eigenvalue weighted by molar-refractivity contribution is 0.701. The Labute approximate surface area is 84.6 Å². The zero-order valence-electron chi connectivity index (χ0n) is 7.96. The van der Waals surface area contributed by atoms with E-state index in [9.17, 15) is 0 Å². The number of rotatable bonds is 4. The molecule has 1 rings (SSSR count). The molecule has 0 fully saturated rings. The molecule has 1 aromatic carbocycles. The summed E-state index contributed by atoms with van der Waals surface area (Å²) in [5.74, 6) is 2.57. The first-order chi connectivity index (χ1) is 6.86. The lowest BCUT2D eigenvalue weighted by Crippen LogP contribution is -2.13. The Morgan fingerprint density at radius 3 is 2.57 bits per heavy atom. The van der Waals surface area contributed by atoms with Crippen LogP contribution in [-0.4, -0.2) is 6.54 Å². The summed E-state index contributed by atoms with van der Waals surface area (Å²) in [6, 6.07) is 9.61. The first-order valence-electron chi connectivity index (χ1n) is 4.50. The topological polar surface area (TPSA) is 35.8 Å². The van der Waals surface area contributed by atoms with E-state index in [1.807, 2.05) is 24.3 Å². The minimum Gasteiger partial charge on any atom is -0.312 e. The molecule has 0 saturated heterocycles. The van der Waals surface area contributed by atoms with Crippen molar-refractivity contribution < 1.29 is 0 Å². The number of benzene rings is 1. The van der Waals surface area contributed by atoms with Gasteiger partial charge in [-0.05, 0) is 17.7 Å². The molecule has 1 aromatic rings. The van der Waals surface area contributed by atoms with E-state index in [4.69, 9.17) is 11.7 Å². The Kier molecular flexibility index (Phi) is 4.27. The van der Waals surface area contributed by atoms with Crippen LogP contribution in [0.15, 0.2) is 24.3 Å². The van der Waals surface area contributed by atoms with Gasteiger partial charge in [-0.25, -0.2) is 0 Å². The third kappa shape index (κ3) is 3.31. The van der Waals surface area contributed by atoms with Crippen LogP contribution in [0.3, 0.4) is 0 Å². The first-order valence-corrected chi connectivity index (χ1v) is 4.50. The van der Waals surface area contributed by atoms with Crippen LogP contribution in [0.5, 0.6) is 0 Å². The van der Waals surface area contributed by atoms with Crippen molar-refractivity contribution in [3.05, 3.63) is 35.4 Å². The fourth-order valence-corrected chi connectivity index (χ4v) is 1.09. The summed E-state index contributed by atoms with van der Waals surface area (Å²) < 4.78 is 0. The molecular formula is C12H12N2. The van der Waals surface area contributed by atoms with Crippen molar-refractivity contribution in [2.45, 2.75) is 13.0 Å². The van der Waals surface area contributed by atoms with Gasteiger partial charge in [0.15, 0.2) is 0 Å². The van der Waals surface area contributed by atoms with E-state index in [0.29, 0.717) is 5.56 Å². The number of hydrogen-bond acceptors (Lipinski definition) is 2. The zero-order chi connectivity index (χ0) is 10.2. The molecule has 2 nitrogen and oxygen atoms in total. The van der Waals surface area contributed by atoms with Gasteiger partial charge in [-0.2, -0.15) is 5.26 Å². The van der Waals surface area contributed by atoms with Crippen LogP contribution in [-0.2, 0) is 6.54 Å². The van der Waals surface area contributed by atoms with Gasteiger partial charge >= 0.3 is 0 Å². The summed E-state index contributed by atoms with van der Waals surface area (Å²) in [7, 11) is 0. The monoisotopic (exact) mass is 184 g/mol. The van der Waals surface area contributed by atoms with Crippen molar-refractivity contribution in [1.82, 2.24) is 5.32 Å². The van der Waals surface area contributed by atoms with Gasteiger partial charge in [0.05, 0.1) is 11.6 Å². The number of hydrogen-bond donors (Lipinski definition) is 1. The van der Waals surface area contributed by atoms with Gasteiger partial charge in [0.25, 0.3) is 0 Å². The molecule has 0 aliphatic heterocycles. The molecule has 0 radical (unpaired) electrons. The van der Waals surface area contributed by atoms with Crippen molar-refractivity contribution in [2.24, 2.45) is 0 Å². The van der Waals surface area contributed by atoms with Crippen molar-refractivity contribution in [3.63, 3.8) is 0 Å². The normalized spacial score (nSPS) is 9.00. The van der Waals surface area contributed by atoms with Crippen molar-refractivity contribution in [1.29, 1.82) is 5.26 Å². The largest absolute Gasteiger partial charge is 0.312 e. The van der Waals surface area contributed by atoms with Gasteiger partial charge in [0.2, 0.25) is 0 Å². The first kappa shape index (κ1) is 10.3. The maximum Gasteiger partial charge on any atom is 0.0991 e. The van der Waals surface area contributed by atoms with Crippen LogP contribution in [0.2, 0.25) is 0 Å². The van der Waals surface area contributed by atoms with E-state index in [-0.39, 0.29) is 0 Å². The van der Waals surface area contributed by atoms with E-state index in [0.717, 1.165) is 19.5 Å². The molecule has 70 valence electrons. The van der Waals surface area contributed by atoms with Crippen molar-refractivity contribution >= 4 is 0 Å². The van der Waals surface area contributed by atoms with Crippen LogP contribution in [0.4, 0.5) is 0 Å². The van der Waals surface area contributed by atoms with Gasteiger partial charge in [-0.15, -0.1) is 12.3 Å². The average molecular weight is 184 g/mol. The Balaban J connectivity index is 2.38. The number of nitriles is 1. The van der Waals surface area contributed by atoms with Crippen LogP contribution in [0.25, 0.3) is 0 Å². The predicted octanol–water partition coefficient (Wildman–Crippen LogP) is 1.67. The van der Waals surface area contributed by atoms with Crippen molar-refractivity contribution in [2.75, 3.05) is 6.54 Å². The second kappa shape index (κ2) is 5.80. The highest BCUT2D eigenvalue weighted by Gasteiger charge is 1.92. The predicted molar refractivity (Wildman–Crippen MR) is 56.3 cm³/mol. The third-order valence-corrected chi connectivity index (χ3v) is 1.86. The lowest BCUT2D eigenvalue weighted by Gasteiger charge is -2.02. The highest BCUT2D eigenvalue weighted by Crippen LogP contribution is 2.02. The summed E-state index contributed by atoms with van der Waals surface area (Å²) in [5, 5.41) is 11.8. The summed E-state index contributed by atoms with van der Waals surface area (Å²) in [4.78, 5) is 0. The Hall–Kier alpha value is -1.77. The second-order valence-corrected chi connectivity index (χ2v) is 2.94.